The first-order valence-electron chi connectivity index (χ1n) is 2.90. The lowest BCUT2D eigenvalue weighted by molar-refractivity contribution is 0.196. The van der Waals surface area contributed by atoms with Crippen LogP contribution in [0.2, 0.25) is 0 Å². The van der Waals surface area contributed by atoms with Gasteiger partial charge < -0.3 is 0 Å². The molecule has 1 nitrogen and oxygen atoms in total. The molecule has 0 saturated carbocycles. The van der Waals surface area contributed by atoms with Gasteiger partial charge in [0.2, 0.25) is 0 Å². The topological polar surface area (TPSA) is 3.24 Å². The number of likely N-dealkylation sites (tertiary alicyclic amines) is 1. The summed E-state index contributed by atoms with van der Waals surface area (Å²) < 4.78 is 0. The first kappa shape index (κ1) is 5.10. The Balaban J connectivity index is 2.14. The molecule has 1 saturated heterocycles. The summed E-state index contributed by atoms with van der Waals surface area (Å²) in [6.45, 7) is 7.97. The SMILES string of the molecule is CC(C)N1[CH]CC1. The highest BCUT2D eigenvalue weighted by atomic mass is 15.2. The van der Waals surface area contributed by atoms with E-state index in [0.29, 0.717) is 0 Å². The van der Waals surface area contributed by atoms with Crippen molar-refractivity contribution in [3.63, 3.8) is 0 Å². The number of nitrogens with zero attached hydrogens (tertiary/aromatic N) is 1. The van der Waals surface area contributed by atoms with E-state index >= 15 is 0 Å². The maximum atomic E-state index is 2.35. The minimum atomic E-state index is 0.730. The smallest absolute Gasteiger partial charge is 0.0267 e. The number of hydrogen-bond acceptors (Lipinski definition) is 1. The number of rotatable bonds is 1. The Kier molecular flexibility index (Phi) is 1.33. The summed E-state index contributed by atoms with van der Waals surface area (Å²) in [6.07, 6.45) is 1.29. The standard InChI is InChI=1S/C6H12N/c1-6(2)7-4-3-5-7/h4,6H,3,5H2,1-2H3. The van der Waals surface area contributed by atoms with Gasteiger partial charge in [-0.25, -0.2) is 0 Å². The molecule has 0 bridgehead atoms. The van der Waals surface area contributed by atoms with Crippen LogP contribution in [-0.2, 0) is 0 Å². The van der Waals surface area contributed by atoms with E-state index < -0.39 is 0 Å². The third-order valence-corrected chi connectivity index (χ3v) is 1.41. The lowest BCUT2D eigenvalue weighted by Crippen LogP contribution is -2.37. The summed E-state index contributed by atoms with van der Waals surface area (Å²) >= 11 is 0. The molecular formula is C6H12N. The molecule has 0 atom stereocenters. The Bertz CT molecular complexity index is 55.2. The molecule has 0 aromatic rings. The molecule has 1 fully saturated rings. The highest BCUT2D eigenvalue weighted by Crippen LogP contribution is 2.13. The fourth-order valence-electron chi connectivity index (χ4n) is 0.747. The van der Waals surface area contributed by atoms with E-state index in [1.165, 1.54) is 13.0 Å². The van der Waals surface area contributed by atoms with Crippen LogP contribution in [0.1, 0.15) is 20.3 Å². The van der Waals surface area contributed by atoms with Crippen molar-refractivity contribution in [1.82, 2.24) is 4.90 Å². The summed E-state index contributed by atoms with van der Waals surface area (Å²) in [7, 11) is 0. The van der Waals surface area contributed by atoms with Gasteiger partial charge in [-0.2, -0.15) is 0 Å². The van der Waals surface area contributed by atoms with Gasteiger partial charge in [-0.1, -0.05) is 0 Å². The maximum Gasteiger partial charge on any atom is 0.0267 e. The molecule has 7 heavy (non-hydrogen) atoms. The molecule has 1 rings (SSSR count). The van der Waals surface area contributed by atoms with Crippen LogP contribution in [-0.4, -0.2) is 17.5 Å². The van der Waals surface area contributed by atoms with Gasteiger partial charge in [0.25, 0.3) is 0 Å². The van der Waals surface area contributed by atoms with Gasteiger partial charge in [0.05, 0.1) is 0 Å². The molecule has 0 aliphatic carbocycles. The Morgan fingerprint density at radius 3 is 2.14 bits per heavy atom. The molecular weight excluding hydrogens is 86.1 g/mol. The minimum absolute atomic E-state index is 0.730. The lowest BCUT2D eigenvalue weighted by Gasteiger charge is -2.33. The van der Waals surface area contributed by atoms with E-state index in [-0.39, 0.29) is 0 Å². The zero-order chi connectivity index (χ0) is 5.28. The predicted octanol–water partition coefficient (Wildman–Crippen LogP) is 1.26. The fraction of sp³-hybridized carbons (Fsp3) is 0.833. The molecule has 0 unspecified atom stereocenters. The second kappa shape index (κ2) is 1.83. The average molecular weight is 98.2 g/mol. The van der Waals surface area contributed by atoms with E-state index in [1.54, 1.807) is 0 Å². The molecule has 0 aromatic carbocycles. The van der Waals surface area contributed by atoms with Gasteiger partial charge in [0.1, 0.15) is 0 Å². The Morgan fingerprint density at radius 1 is 1.57 bits per heavy atom. The molecule has 0 spiro atoms. The predicted molar refractivity (Wildman–Crippen MR) is 30.8 cm³/mol. The van der Waals surface area contributed by atoms with Gasteiger partial charge in [-0.15, -0.1) is 0 Å². The lowest BCUT2D eigenvalue weighted by atomic mass is 10.2. The van der Waals surface area contributed by atoms with Crippen molar-refractivity contribution in [3.05, 3.63) is 6.54 Å². The highest BCUT2D eigenvalue weighted by Gasteiger charge is 2.15. The van der Waals surface area contributed by atoms with Crippen molar-refractivity contribution in [1.29, 1.82) is 0 Å². The molecule has 1 radical (unpaired) electrons. The van der Waals surface area contributed by atoms with Crippen molar-refractivity contribution < 1.29 is 0 Å². The van der Waals surface area contributed by atoms with Gasteiger partial charge >= 0.3 is 0 Å². The van der Waals surface area contributed by atoms with Crippen LogP contribution in [0.4, 0.5) is 0 Å². The van der Waals surface area contributed by atoms with Crippen molar-refractivity contribution in [2.45, 2.75) is 26.3 Å². The van der Waals surface area contributed by atoms with E-state index in [2.05, 4.69) is 25.3 Å². The average Bonchev–Trinajstić information content (AvgIpc) is 1.23. The van der Waals surface area contributed by atoms with Crippen LogP contribution >= 0.6 is 0 Å². The molecule has 1 aliphatic rings. The van der Waals surface area contributed by atoms with Crippen molar-refractivity contribution >= 4 is 0 Å². The summed E-state index contributed by atoms with van der Waals surface area (Å²) in [5, 5.41) is 0. The summed E-state index contributed by atoms with van der Waals surface area (Å²) in [4.78, 5) is 2.35. The minimum Gasteiger partial charge on any atom is -0.296 e. The maximum absolute atomic E-state index is 2.35. The van der Waals surface area contributed by atoms with Gasteiger partial charge in [-0.3, -0.25) is 4.90 Å². The van der Waals surface area contributed by atoms with Crippen molar-refractivity contribution in [2.75, 3.05) is 6.54 Å². The van der Waals surface area contributed by atoms with E-state index in [0.717, 1.165) is 6.04 Å². The normalized spacial score (nSPS) is 22.7. The highest BCUT2D eigenvalue weighted by molar-refractivity contribution is 4.82. The van der Waals surface area contributed by atoms with Crippen LogP contribution in [0.3, 0.4) is 0 Å². The molecule has 0 aromatic heterocycles. The first-order valence-corrected chi connectivity index (χ1v) is 2.90. The third-order valence-electron chi connectivity index (χ3n) is 1.41. The zero-order valence-electron chi connectivity index (χ0n) is 5.02. The van der Waals surface area contributed by atoms with E-state index in [4.69, 9.17) is 0 Å². The van der Waals surface area contributed by atoms with E-state index in [1.807, 2.05) is 0 Å². The Morgan fingerprint density at radius 2 is 2.14 bits per heavy atom. The second-order valence-corrected chi connectivity index (χ2v) is 2.30. The largest absolute Gasteiger partial charge is 0.296 e. The monoisotopic (exact) mass is 98.1 g/mol. The number of hydrogen-bond donors (Lipinski definition) is 0. The van der Waals surface area contributed by atoms with Crippen LogP contribution in [0.5, 0.6) is 0 Å². The molecule has 0 amide bonds. The van der Waals surface area contributed by atoms with Gasteiger partial charge in [0, 0.05) is 19.1 Å². The van der Waals surface area contributed by atoms with Crippen LogP contribution in [0.15, 0.2) is 0 Å². The molecule has 1 aliphatic heterocycles. The first-order chi connectivity index (χ1) is 3.30. The van der Waals surface area contributed by atoms with Crippen LogP contribution in [0, 0.1) is 6.54 Å². The van der Waals surface area contributed by atoms with E-state index in [9.17, 15) is 0 Å². The molecule has 0 N–H and O–H groups in total. The summed E-state index contributed by atoms with van der Waals surface area (Å²) in [5.74, 6) is 0. The Hall–Kier alpha value is -0.0400. The van der Waals surface area contributed by atoms with Gasteiger partial charge in [-0.05, 0) is 20.3 Å². The summed E-state index contributed by atoms with van der Waals surface area (Å²) in [6, 6.07) is 0.730. The quantitative estimate of drug-likeness (QED) is 0.477. The second-order valence-electron chi connectivity index (χ2n) is 2.30. The van der Waals surface area contributed by atoms with Crippen molar-refractivity contribution in [2.24, 2.45) is 0 Å². The van der Waals surface area contributed by atoms with Crippen LogP contribution < -0.4 is 0 Å². The Labute approximate surface area is 45.3 Å². The molecule has 1 heterocycles. The van der Waals surface area contributed by atoms with Crippen LogP contribution in [0.25, 0.3) is 0 Å². The summed E-state index contributed by atoms with van der Waals surface area (Å²) in [5.41, 5.74) is 0. The zero-order valence-corrected chi connectivity index (χ0v) is 5.02. The molecule has 1 heteroatoms. The molecule has 41 valence electrons. The van der Waals surface area contributed by atoms with Gasteiger partial charge in [0.15, 0.2) is 0 Å². The fourth-order valence-corrected chi connectivity index (χ4v) is 0.747. The van der Waals surface area contributed by atoms with Crippen molar-refractivity contribution in [3.8, 4) is 0 Å². The third kappa shape index (κ3) is 0.942.